The molecule has 0 radical (unpaired) electrons. The molecule has 1 aromatic carbocycles. The molecule has 13 heavy (non-hydrogen) atoms. The lowest BCUT2D eigenvalue weighted by molar-refractivity contribution is 0.370. The average Bonchev–Trinajstić information content (AvgIpc) is 2.02. The molecule has 1 fully saturated rings. The van der Waals surface area contributed by atoms with Gasteiger partial charge in [0.1, 0.15) is 0 Å². The smallest absolute Gasteiger partial charge is 0.0203 e. The number of benzene rings is 1. The zero-order chi connectivity index (χ0) is 9.10. The molecule has 1 saturated carbocycles. The average molecular weight is 172 g/mol. The Labute approximate surface area is 80.3 Å². The van der Waals surface area contributed by atoms with Gasteiger partial charge in [0.2, 0.25) is 0 Å². The molecule has 68 valence electrons. The SMILES string of the molecule is C/C(=C/c1ccccc1)C1CCC1. The van der Waals surface area contributed by atoms with Crippen LogP contribution in [0.3, 0.4) is 0 Å². The topological polar surface area (TPSA) is 0 Å². The molecule has 0 bridgehead atoms. The summed E-state index contributed by atoms with van der Waals surface area (Å²) < 4.78 is 0. The van der Waals surface area contributed by atoms with Gasteiger partial charge in [-0.15, -0.1) is 0 Å². The highest BCUT2D eigenvalue weighted by Crippen LogP contribution is 2.33. The third-order valence-electron chi connectivity index (χ3n) is 2.94. The van der Waals surface area contributed by atoms with E-state index in [4.69, 9.17) is 0 Å². The summed E-state index contributed by atoms with van der Waals surface area (Å²) in [6.07, 6.45) is 6.54. The van der Waals surface area contributed by atoms with E-state index in [1.807, 2.05) is 0 Å². The molecular weight excluding hydrogens is 156 g/mol. The third kappa shape index (κ3) is 2.00. The van der Waals surface area contributed by atoms with Crippen LogP contribution < -0.4 is 0 Å². The molecule has 0 atom stereocenters. The van der Waals surface area contributed by atoms with Gasteiger partial charge in [0.15, 0.2) is 0 Å². The van der Waals surface area contributed by atoms with Crippen molar-refractivity contribution < 1.29 is 0 Å². The molecule has 0 aliphatic heterocycles. The minimum absolute atomic E-state index is 0.875. The summed E-state index contributed by atoms with van der Waals surface area (Å²) in [6, 6.07) is 10.6. The second-order valence-corrected chi connectivity index (χ2v) is 3.93. The van der Waals surface area contributed by atoms with Gasteiger partial charge in [-0.25, -0.2) is 0 Å². The monoisotopic (exact) mass is 172 g/mol. The maximum Gasteiger partial charge on any atom is -0.0203 e. The van der Waals surface area contributed by atoms with E-state index in [1.165, 1.54) is 24.8 Å². The molecule has 0 N–H and O–H groups in total. The minimum Gasteiger partial charge on any atom is -0.0696 e. The normalized spacial score (nSPS) is 18.4. The molecule has 0 aromatic heterocycles. The van der Waals surface area contributed by atoms with Gasteiger partial charge in [0.05, 0.1) is 0 Å². The van der Waals surface area contributed by atoms with Gasteiger partial charge in [0, 0.05) is 0 Å². The Bertz CT molecular complexity index is 291. The van der Waals surface area contributed by atoms with Crippen LogP contribution in [0.25, 0.3) is 6.08 Å². The molecule has 1 aliphatic rings. The van der Waals surface area contributed by atoms with Crippen molar-refractivity contribution in [3.63, 3.8) is 0 Å². The van der Waals surface area contributed by atoms with Gasteiger partial charge in [-0.3, -0.25) is 0 Å². The summed E-state index contributed by atoms with van der Waals surface area (Å²) >= 11 is 0. The highest BCUT2D eigenvalue weighted by atomic mass is 14.2. The molecule has 0 spiro atoms. The molecule has 0 nitrogen and oxygen atoms in total. The molecule has 0 heteroatoms. The molecule has 0 amide bonds. The Hall–Kier alpha value is -1.04. The molecule has 0 unspecified atom stereocenters. The highest BCUT2D eigenvalue weighted by Gasteiger charge is 2.18. The lowest BCUT2D eigenvalue weighted by Crippen LogP contribution is -2.11. The molecule has 2 rings (SSSR count). The zero-order valence-corrected chi connectivity index (χ0v) is 8.16. The predicted molar refractivity (Wildman–Crippen MR) is 57.4 cm³/mol. The van der Waals surface area contributed by atoms with Crippen LogP contribution in [0.1, 0.15) is 31.7 Å². The van der Waals surface area contributed by atoms with Crippen molar-refractivity contribution in [2.75, 3.05) is 0 Å². The third-order valence-corrected chi connectivity index (χ3v) is 2.94. The first kappa shape index (κ1) is 8.55. The first-order valence-electron chi connectivity index (χ1n) is 5.09. The highest BCUT2D eigenvalue weighted by molar-refractivity contribution is 5.52. The Morgan fingerprint density at radius 2 is 1.92 bits per heavy atom. The summed E-state index contributed by atoms with van der Waals surface area (Å²) in [6.45, 7) is 2.26. The van der Waals surface area contributed by atoms with E-state index in [9.17, 15) is 0 Å². The van der Waals surface area contributed by atoms with E-state index in [0.717, 1.165) is 5.92 Å². The van der Waals surface area contributed by atoms with E-state index in [-0.39, 0.29) is 0 Å². The van der Waals surface area contributed by atoms with Crippen molar-refractivity contribution in [2.24, 2.45) is 5.92 Å². The zero-order valence-electron chi connectivity index (χ0n) is 8.16. The lowest BCUT2D eigenvalue weighted by Gasteiger charge is -2.26. The first-order valence-corrected chi connectivity index (χ1v) is 5.09. The molecule has 1 aromatic rings. The lowest BCUT2D eigenvalue weighted by atomic mass is 9.80. The second-order valence-electron chi connectivity index (χ2n) is 3.93. The number of hydrogen-bond acceptors (Lipinski definition) is 0. The summed E-state index contributed by atoms with van der Waals surface area (Å²) in [5, 5.41) is 0. The molecule has 1 aliphatic carbocycles. The summed E-state index contributed by atoms with van der Waals surface area (Å²) in [7, 11) is 0. The fraction of sp³-hybridized carbons (Fsp3) is 0.385. The van der Waals surface area contributed by atoms with Crippen LogP contribution in [0, 0.1) is 5.92 Å². The van der Waals surface area contributed by atoms with Gasteiger partial charge in [-0.1, -0.05) is 48.4 Å². The van der Waals surface area contributed by atoms with Crippen molar-refractivity contribution in [3.05, 3.63) is 41.5 Å². The van der Waals surface area contributed by atoms with Crippen molar-refractivity contribution >= 4 is 6.08 Å². The van der Waals surface area contributed by atoms with Crippen LogP contribution in [0.2, 0.25) is 0 Å². The number of allylic oxidation sites excluding steroid dienone is 1. The van der Waals surface area contributed by atoms with E-state index in [0.29, 0.717) is 0 Å². The minimum atomic E-state index is 0.875. The molecule has 0 saturated heterocycles. The summed E-state index contributed by atoms with van der Waals surface area (Å²) in [5.41, 5.74) is 2.89. The van der Waals surface area contributed by atoms with Crippen LogP contribution in [-0.4, -0.2) is 0 Å². The van der Waals surface area contributed by atoms with E-state index in [2.05, 4.69) is 43.3 Å². The van der Waals surface area contributed by atoms with Gasteiger partial charge >= 0.3 is 0 Å². The van der Waals surface area contributed by atoms with Crippen molar-refractivity contribution in [1.82, 2.24) is 0 Å². The van der Waals surface area contributed by atoms with E-state index >= 15 is 0 Å². The molecular formula is C13H16. The van der Waals surface area contributed by atoms with Crippen LogP contribution in [0.4, 0.5) is 0 Å². The Balaban J connectivity index is 2.10. The Kier molecular flexibility index (Phi) is 2.49. The van der Waals surface area contributed by atoms with Gasteiger partial charge in [-0.2, -0.15) is 0 Å². The van der Waals surface area contributed by atoms with Gasteiger partial charge in [-0.05, 0) is 31.2 Å². The maximum atomic E-state index is 2.32. The van der Waals surface area contributed by atoms with E-state index < -0.39 is 0 Å². The summed E-state index contributed by atoms with van der Waals surface area (Å²) in [4.78, 5) is 0. The van der Waals surface area contributed by atoms with Crippen molar-refractivity contribution in [3.8, 4) is 0 Å². The van der Waals surface area contributed by atoms with Crippen LogP contribution in [-0.2, 0) is 0 Å². The van der Waals surface area contributed by atoms with Gasteiger partial charge < -0.3 is 0 Å². The van der Waals surface area contributed by atoms with Crippen LogP contribution in [0.15, 0.2) is 35.9 Å². The fourth-order valence-corrected chi connectivity index (χ4v) is 1.79. The van der Waals surface area contributed by atoms with Crippen molar-refractivity contribution in [2.45, 2.75) is 26.2 Å². The largest absolute Gasteiger partial charge is 0.0696 e. The first-order chi connectivity index (χ1) is 6.36. The van der Waals surface area contributed by atoms with Crippen LogP contribution >= 0.6 is 0 Å². The Morgan fingerprint density at radius 1 is 1.23 bits per heavy atom. The van der Waals surface area contributed by atoms with E-state index in [1.54, 1.807) is 5.57 Å². The molecule has 0 heterocycles. The number of rotatable bonds is 2. The summed E-state index contributed by atoms with van der Waals surface area (Å²) in [5.74, 6) is 0.875. The Morgan fingerprint density at radius 3 is 2.46 bits per heavy atom. The quantitative estimate of drug-likeness (QED) is 0.635. The number of hydrogen-bond donors (Lipinski definition) is 0. The van der Waals surface area contributed by atoms with Gasteiger partial charge in [0.25, 0.3) is 0 Å². The standard InChI is InChI=1S/C13H16/c1-11(13-8-5-9-13)10-12-6-3-2-4-7-12/h2-4,6-7,10,13H,5,8-9H2,1H3/b11-10-. The fourth-order valence-electron chi connectivity index (χ4n) is 1.79. The second kappa shape index (κ2) is 3.78. The van der Waals surface area contributed by atoms with Crippen LogP contribution in [0.5, 0.6) is 0 Å². The maximum absolute atomic E-state index is 2.32. The predicted octanol–water partition coefficient (Wildman–Crippen LogP) is 3.89. The van der Waals surface area contributed by atoms with Crippen molar-refractivity contribution in [1.29, 1.82) is 0 Å².